The van der Waals surface area contributed by atoms with E-state index >= 15 is 0 Å². The van der Waals surface area contributed by atoms with Gasteiger partial charge in [-0.3, -0.25) is 9.59 Å². The highest BCUT2D eigenvalue weighted by Gasteiger charge is 2.30. The summed E-state index contributed by atoms with van der Waals surface area (Å²) in [6.45, 7) is 4.50. The second-order valence-electron chi connectivity index (χ2n) is 8.32. The fraction of sp³-hybridized carbons (Fsp3) is 0.462. The second kappa shape index (κ2) is 11.9. The first-order valence-electron chi connectivity index (χ1n) is 11.4. The lowest BCUT2D eigenvalue weighted by Gasteiger charge is -2.33. The molecule has 1 unspecified atom stereocenters. The zero-order valence-corrected chi connectivity index (χ0v) is 19.5. The number of nitrogens with zero attached hydrogens (tertiary/aromatic N) is 1. The highest BCUT2D eigenvalue weighted by molar-refractivity contribution is 8.00. The number of rotatable bonds is 9. The van der Waals surface area contributed by atoms with Gasteiger partial charge in [-0.25, -0.2) is 0 Å². The summed E-state index contributed by atoms with van der Waals surface area (Å²) in [5.74, 6) is 0.312. The Morgan fingerprint density at radius 3 is 2.39 bits per heavy atom. The lowest BCUT2D eigenvalue weighted by molar-refractivity contribution is -0.139. The number of carbonyl (C=O) groups is 2. The van der Waals surface area contributed by atoms with Gasteiger partial charge < -0.3 is 10.2 Å². The SMILES string of the molecule is CCC(C(=O)NC1CCCCC1)N(Cc1ccccc1C)C(=O)CSc1ccccc1. The van der Waals surface area contributed by atoms with E-state index in [1.54, 1.807) is 4.90 Å². The van der Waals surface area contributed by atoms with Crippen LogP contribution in [0.25, 0.3) is 0 Å². The summed E-state index contributed by atoms with van der Waals surface area (Å²) in [6, 6.07) is 17.8. The van der Waals surface area contributed by atoms with Crippen LogP contribution in [0, 0.1) is 6.92 Å². The molecule has 0 aromatic heterocycles. The molecular formula is C26H34N2O2S. The van der Waals surface area contributed by atoms with Crippen molar-refractivity contribution in [1.82, 2.24) is 10.2 Å². The third kappa shape index (κ3) is 6.86. The average molecular weight is 439 g/mol. The zero-order chi connectivity index (χ0) is 22.1. The van der Waals surface area contributed by atoms with Gasteiger partial charge in [0.15, 0.2) is 0 Å². The highest BCUT2D eigenvalue weighted by Crippen LogP contribution is 2.22. The number of benzene rings is 2. The average Bonchev–Trinajstić information content (AvgIpc) is 2.80. The van der Waals surface area contributed by atoms with Crippen LogP contribution in [-0.4, -0.2) is 34.6 Å². The van der Waals surface area contributed by atoms with E-state index in [0.717, 1.165) is 28.9 Å². The molecule has 1 fully saturated rings. The molecule has 1 aliphatic carbocycles. The minimum atomic E-state index is -0.453. The minimum Gasteiger partial charge on any atom is -0.352 e. The van der Waals surface area contributed by atoms with Gasteiger partial charge in [0.2, 0.25) is 11.8 Å². The van der Waals surface area contributed by atoms with Crippen LogP contribution < -0.4 is 5.32 Å². The Kier molecular flexibility index (Phi) is 9.01. The summed E-state index contributed by atoms with van der Waals surface area (Å²) in [5.41, 5.74) is 2.23. The molecule has 1 saturated carbocycles. The standard InChI is InChI=1S/C26H34N2O2S/c1-3-24(26(30)27-22-14-6-4-7-15-22)28(18-21-13-11-10-12-20(21)2)25(29)19-31-23-16-8-5-9-17-23/h5,8-13,16-17,22,24H,3-4,6-7,14-15,18-19H2,1-2H3,(H,27,30). The van der Waals surface area contributed by atoms with Crippen molar-refractivity contribution in [3.05, 3.63) is 65.7 Å². The zero-order valence-electron chi connectivity index (χ0n) is 18.7. The van der Waals surface area contributed by atoms with Crippen LogP contribution in [0.3, 0.4) is 0 Å². The molecule has 0 aliphatic heterocycles. The molecule has 1 aliphatic rings. The molecule has 0 radical (unpaired) electrons. The van der Waals surface area contributed by atoms with Crippen molar-refractivity contribution in [2.45, 2.75) is 75.9 Å². The van der Waals surface area contributed by atoms with E-state index in [2.05, 4.69) is 18.3 Å². The van der Waals surface area contributed by atoms with Crippen molar-refractivity contribution < 1.29 is 9.59 Å². The van der Waals surface area contributed by atoms with E-state index in [9.17, 15) is 9.59 Å². The first-order chi connectivity index (χ1) is 15.1. The van der Waals surface area contributed by atoms with Gasteiger partial charge in [-0.05, 0) is 49.4 Å². The summed E-state index contributed by atoms with van der Waals surface area (Å²) < 4.78 is 0. The van der Waals surface area contributed by atoms with Crippen LogP contribution in [0.4, 0.5) is 0 Å². The van der Waals surface area contributed by atoms with Crippen LogP contribution in [0.2, 0.25) is 0 Å². The van der Waals surface area contributed by atoms with Crippen LogP contribution in [-0.2, 0) is 16.1 Å². The third-order valence-corrected chi connectivity index (χ3v) is 7.04. The molecule has 5 heteroatoms. The first kappa shape index (κ1) is 23.4. The molecule has 0 spiro atoms. The molecule has 2 aromatic carbocycles. The molecule has 0 bridgehead atoms. The van der Waals surface area contributed by atoms with Gasteiger partial charge in [0, 0.05) is 17.5 Å². The van der Waals surface area contributed by atoms with Crippen molar-refractivity contribution in [2.24, 2.45) is 0 Å². The van der Waals surface area contributed by atoms with E-state index in [4.69, 9.17) is 0 Å². The molecule has 166 valence electrons. The molecular weight excluding hydrogens is 404 g/mol. The predicted octanol–water partition coefficient (Wildman–Crippen LogP) is 5.34. The molecule has 0 saturated heterocycles. The van der Waals surface area contributed by atoms with Crippen molar-refractivity contribution >= 4 is 23.6 Å². The van der Waals surface area contributed by atoms with Gasteiger partial charge in [0.25, 0.3) is 0 Å². The summed E-state index contributed by atoms with van der Waals surface area (Å²) in [6.07, 6.45) is 6.27. The Morgan fingerprint density at radius 1 is 1.03 bits per heavy atom. The molecule has 1 atom stereocenters. The van der Waals surface area contributed by atoms with Gasteiger partial charge >= 0.3 is 0 Å². The third-order valence-electron chi connectivity index (χ3n) is 6.04. The Balaban J connectivity index is 1.75. The quantitative estimate of drug-likeness (QED) is 0.537. The van der Waals surface area contributed by atoms with Crippen molar-refractivity contribution in [1.29, 1.82) is 0 Å². The molecule has 31 heavy (non-hydrogen) atoms. The first-order valence-corrected chi connectivity index (χ1v) is 12.4. The molecule has 4 nitrogen and oxygen atoms in total. The van der Waals surface area contributed by atoms with Crippen LogP contribution in [0.1, 0.15) is 56.6 Å². The number of carbonyl (C=O) groups excluding carboxylic acids is 2. The van der Waals surface area contributed by atoms with E-state index in [0.29, 0.717) is 18.7 Å². The van der Waals surface area contributed by atoms with Crippen LogP contribution >= 0.6 is 11.8 Å². The number of amides is 2. The normalized spacial score (nSPS) is 15.3. The van der Waals surface area contributed by atoms with Crippen LogP contribution in [0.5, 0.6) is 0 Å². The van der Waals surface area contributed by atoms with Gasteiger partial charge in [-0.1, -0.05) is 68.7 Å². The Labute approximate surface area is 190 Å². The monoisotopic (exact) mass is 438 g/mol. The van der Waals surface area contributed by atoms with E-state index in [-0.39, 0.29) is 17.9 Å². The van der Waals surface area contributed by atoms with Gasteiger partial charge in [-0.15, -0.1) is 11.8 Å². The van der Waals surface area contributed by atoms with Gasteiger partial charge in [0.05, 0.1) is 5.75 Å². The van der Waals surface area contributed by atoms with E-state index < -0.39 is 6.04 Å². The Bertz CT molecular complexity index is 849. The Morgan fingerprint density at radius 2 is 1.71 bits per heavy atom. The largest absolute Gasteiger partial charge is 0.352 e. The van der Waals surface area contributed by atoms with Crippen molar-refractivity contribution in [3.63, 3.8) is 0 Å². The molecule has 3 rings (SSSR count). The highest BCUT2D eigenvalue weighted by atomic mass is 32.2. The minimum absolute atomic E-state index is 0.00255. The van der Waals surface area contributed by atoms with Crippen LogP contribution in [0.15, 0.2) is 59.5 Å². The maximum atomic E-state index is 13.4. The summed E-state index contributed by atoms with van der Waals surface area (Å²) in [7, 11) is 0. The Hall–Kier alpha value is -2.27. The van der Waals surface area contributed by atoms with E-state index in [1.807, 2.05) is 55.5 Å². The van der Waals surface area contributed by atoms with Gasteiger partial charge in [0.1, 0.15) is 6.04 Å². The number of hydrogen-bond donors (Lipinski definition) is 1. The predicted molar refractivity (Wildman–Crippen MR) is 128 cm³/mol. The summed E-state index contributed by atoms with van der Waals surface area (Å²) >= 11 is 1.52. The van der Waals surface area contributed by atoms with Crippen molar-refractivity contribution in [2.75, 3.05) is 5.75 Å². The fourth-order valence-electron chi connectivity index (χ4n) is 4.18. The second-order valence-corrected chi connectivity index (χ2v) is 9.37. The maximum Gasteiger partial charge on any atom is 0.243 e. The topological polar surface area (TPSA) is 49.4 Å². The molecule has 0 heterocycles. The summed E-state index contributed by atoms with van der Waals surface area (Å²) in [4.78, 5) is 29.4. The van der Waals surface area contributed by atoms with E-state index in [1.165, 1.54) is 31.0 Å². The molecule has 1 N–H and O–H groups in total. The fourth-order valence-corrected chi connectivity index (χ4v) is 4.99. The lowest BCUT2D eigenvalue weighted by atomic mass is 9.95. The van der Waals surface area contributed by atoms with Gasteiger partial charge in [-0.2, -0.15) is 0 Å². The maximum absolute atomic E-state index is 13.4. The number of thioether (sulfide) groups is 1. The smallest absolute Gasteiger partial charge is 0.243 e. The number of nitrogens with one attached hydrogen (secondary N) is 1. The lowest BCUT2D eigenvalue weighted by Crippen LogP contribution is -2.52. The summed E-state index contributed by atoms with van der Waals surface area (Å²) in [5, 5.41) is 3.24. The number of hydrogen-bond acceptors (Lipinski definition) is 3. The molecule has 2 amide bonds. The number of aryl methyl sites for hydroxylation is 1. The van der Waals surface area contributed by atoms with Crippen molar-refractivity contribution in [3.8, 4) is 0 Å². The molecule has 2 aromatic rings.